The van der Waals surface area contributed by atoms with Crippen LogP contribution in [0.25, 0.3) is 0 Å². The number of nitrogens with one attached hydrogen (secondary N) is 1. The molecule has 0 aromatic carbocycles. The van der Waals surface area contributed by atoms with E-state index in [2.05, 4.69) is 27.2 Å². The molecule has 1 aliphatic carbocycles. The second-order valence-corrected chi connectivity index (χ2v) is 4.25. The number of aromatic nitrogens is 2. The molecule has 0 spiro atoms. The molecule has 0 unspecified atom stereocenters. The zero-order chi connectivity index (χ0) is 10.7. The van der Waals surface area contributed by atoms with Gasteiger partial charge >= 0.3 is 0 Å². The fraction of sp³-hybridized carbons (Fsp3) is 0.600. The van der Waals surface area contributed by atoms with Crippen molar-refractivity contribution in [2.24, 2.45) is 0 Å². The fourth-order valence-corrected chi connectivity index (χ4v) is 1.63. The first-order chi connectivity index (χ1) is 7.25. The normalized spacial score (nSPS) is 15.7. The van der Waals surface area contributed by atoms with Gasteiger partial charge in [0.1, 0.15) is 11.0 Å². The van der Waals surface area contributed by atoms with Gasteiger partial charge in [-0.25, -0.2) is 4.98 Å². The predicted molar refractivity (Wildman–Crippen MR) is 61.2 cm³/mol. The van der Waals surface area contributed by atoms with E-state index in [9.17, 15) is 0 Å². The van der Waals surface area contributed by atoms with Gasteiger partial charge in [-0.05, 0) is 19.9 Å². The summed E-state index contributed by atoms with van der Waals surface area (Å²) in [5.74, 6) is 0.742. The molecule has 15 heavy (non-hydrogen) atoms. The van der Waals surface area contributed by atoms with Crippen LogP contribution in [0.15, 0.2) is 12.4 Å². The van der Waals surface area contributed by atoms with Crippen molar-refractivity contribution in [1.82, 2.24) is 14.9 Å². The summed E-state index contributed by atoms with van der Waals surface area (Å²) in [5, 5.41) is 3.63. The lowest BCUT2D eigenvalue weighted by Crippen LogP contribution is -2.27. The molecule has 0 amide bonds. The highest BCUT2D eigenvalue weighted by Gasteiger charge is 2.25. The maximum absolute atomic E-state index is 5.72. The Kier molecular flexibility index (Phi) is 3.38. The van der Waals surface area contributed by atoms with E-state index in [-0.39, 0.29) is 0 Å². The van der Waals surface area contributed by atoms with Crippen molar-refractivity contribution in [2.75, 3.05) is 25.5 Å². The van der Waals surface area contributed by atoms with E-state index in [1.165, 1.54) is 19.0 Å². The van der Waals surface area contributed by atoms with Crippen molar-refractivity contribution in [1.29, 1.82) is 0 Å². The number of rotatable bonds is 5. The second kappa shape index (κ2) is 4.77. The maximum atomic E-state index is 5.72. The van der Waals surface area contributed by atoms with E-state index in [0.717, 1.165) is 24.9 Å². The molecule has 1 aromatic heterocycles. The summed E-state index contributed by atoms with van der Waals surface area (Å²) < 4.78 is 0. The van der Waals surface area contributed by atoms with Crippen LogP contribution in [0.2, 0.25) is 5.15 Å². The van der Waals surface area contributed by atoms with Gasteiger partial charge in [0.05, 0.1) is 12.4 Å². The molecule has 1 fully saturated rings. The van der Waals surface area contributed by atoms with E-state index in [1.807, 2.05) is 0 Å². The Morgan fingerprint density at radius 3 is 3.00 bits per heavy atom. The van der Waals surface area contributed by atoms with Crippen LogP contribution in [-0.4, -0.2) is 41.0 Å². The molecule has 1 saturated carbocycles. The molecule has 0 saturated heterocycles. The molecule has 1 N–H and O–H groups in total. The highest BCUT2D eigenvalue weighted by Crippen LogP contribution is 2.24. The second-order valence-electron chi connectivity index (χ2n) is 3.87. The van der Waals surface area contributed by atoms with Crippen LogP contribution in [0.5, 0.6) is 0 Å². The monoisotopic (exact) mass is 226 g/mol. The minimum Gasteiger partial charge on any atom is -0.367 e. The highest BCUT2D eigenvalue weighted by molar-refractivity contribution is 6.29. The van der Waals surface area contributed by atoms with E-state index >= 15 is 0 Å². The molecule has 1 aliphatic rings. The molecule has 2 rings (SSSR count). The summed E-state index contributed by atoms with van der Waals surface area (Å²) >= 11 is 5.72. The SMILES string of the molecule is CN(CCNc1cncc(Cl)n1)C1CC1. The first-order valence-electron chi connectivity index (χ1n) is 5.17. The Labute approximate surface area is 94.7 Å². The van der Waals surface area contributed by atoms with E-state index in [4.69, 9.17) is 11.6 Å². The first-order valence-corrected chi connectivity index (χ1v) is 5.55. The van der Waals surface area contributed by atoms with Gasteiger partial charge in [0.25, 0.3) is 0 Å². The van der Waals surface area contributed by atoms with Crippen molar-refractivity contribution in [3.63, 3.8) is 0 Å². The predicted octanol–water partition coefficient (Wildman–Crippen LogP) is 1.64. The topological polar surface area (TPSA) is 41.0 Å². The molecule has 0 radical (unpaired) electrons. The number of hydrogen-bond acceptors (Lipinski definition) is 4. The van der Waals surface area contributed by atoms with E-state index in [1.54, 1.807) is 6.20 Å². The van der Waals surface area contributed by atoms with E-state index in [0.29, 0.717) is 5.15 Å². The van der Waals surface area contributed by atoms with Gasteiger partial charge in [-0.1, -0.05) is 11.6 Å². The Balaban J connectivity index is 1.73. The lowest BCUT2D eigenvalue weighted by Gasteiger charge is -2.15. The molecule has 5 heteroatoms. The Hall–Kier alpha value is -0.870. The van der Waals surface area contributed by atoms with Crippen LogP contribution in [-0.2, 0) is 0 Å². The number of hydrogen-bond donors (Lipinski definition) is 1. The molecule has 0 aliphatic heterocycles. The summed E-state index contributed by atoms with van der Waals surface area (Å²) in [7, 11) is 2.16. The third kappa shape index (κ3) is 3.32. The van der Waals surface area contributed by atoms with Gasteiger partial charge in [0.2, 0.25) is 0 Å². The van der Waals surface area contributed by atoms with Crippen LogP contribution in [0.3, 0.4) is 0 Å². The van der Waals surface area contributed by atoms with Gasteiger partial charge in [-0.15, -0.1) is 0 Å². The summed E-state index contributed by atoms with van der Waals surface area (Å²) in [5.41, 5.74) is 0. The Morgan fingerprint density at radius 1 is 1.53 bits per heavy atom. The largest absolute Gasteiger partial charge is 0.367 e. The van der Waals surface area contributed by atoms with Crippen LogP contribution < -0.4 is 5.32 Å². The minimum atomic E-state index is 0.426. The molecular weight excluding hydrogens is 212 g/mol. The standard InChI is InChI=1S/C10H15ClN4/c1-15(8-2-3-8)5-4-13-10-7-12-6-9(11)14-10/h6-8H,2-5H2,1H3,(H,13,14). The van der Waals surface area contributed by atoms with Crippen LogP contribution in [0.1, 0.15) is 12.8 Å². The van der Waals surface area contributed by atoms with Crippen molar-refractivity contribution < 1.29 is 0 Å². The molecular formula is C10H15ClN4. The van der Waals surface area contributed by atoms with Crippen molar-refractivity contribution in [2.45, 2.75) is 18.9 Å². The minimum absolute atomic E-state index is 0.426. The van der Waals surface area contributed by atoms with Crippen LogP contribution in [0, 0.1) is 0 Å². The lowest BCUT2D eigenvalue weighted by molar-refractivity contribution is 0.337. The van der Waals surface area contributed by atoms with E-state index < -0.39 is 0 Å². The first kappa shape index (κ1) is 10.6. The van der Waals surface area contributed by atoms with Gasteiger partial charge in [-0.2, -0.15) is 0 Å². The zero-order valence-electron chi connectivity index (χ0n) is 8.78. The van der Waals surface area contributed by atoms with Gasteiger partial charge in [0, 0.05) is 19.1 Å². The molecule has 0 bridgehead atoms. The van der Waals surface area contributed by atoms with Crippen LogP contribution >= 0.6 is 11.6 Å². The zero-order valence-corrected chi connectivity index (χ0v) is 9.54. The number of likely N-dealkylation sites (N-methyl/N-ethyl adjacent to an activating group) is 1. The molecule has 0 atom stereocenters. The smallest absolute Gasteiger partial charge is 0.149 e. The maximum Gasteiger partial charge on any atom is 0.149 e. The number of nitrogens with zero attached hydrogens (tertiary/aromatic N) is 3. The van der Waals surface area contributed by atoms with Crippen LogP contribution in [0.4, 0.5) is 5.82 Å². The molecule has 82 valence electrons. The summed E-state index contributed by atoms with van der Waals surface area (Å²) in [6.07, 6.45) is 5.90. The fourth-order valence-electron chi connectivity index (χ4n) is 1.49. The van der Waals surface area contributed by atoms with Gasteiger partial charge < -0.3 is 10.2 Å². The lowest BCUT2D eigenvalue weighted by atomic mass is 10.5. The van der Waals surface area contributed by atoms with Gasteiger partial charge in [-0.3, -0.25) is 4.98 Å². The van der Waals surface area contributed by atoms with Crippen molar-refractivity contribution in [3.05, 3.63) is 17.5 Å². The molecule has 1 heterocycles. The highest BCUT2D eigenvalue weighted by atomic mass is 35.5. The van der Waals surface area contributed by atoms with Crippen molar-refractivity contribution in [3.8, 4) is 0 Å². The average molecular weight is 227 g/mol. The molecule has 4 nitrogen and oxygen atoms in total. The average Bonchev–Trinajstić information content (AvgIpc) is 3.00. The third-order valence-corrected chi connectivity index (χ3v) is 2.73. The summed E-state index contributed by atoms with van der Waals surface area (Å²) in [6, 6.07) is 0.803. The quantitative estimate of drug-likeness (QED) is 0.829. The number of anilines is 1. The Bertz CT molecular complexity index is 327. The Morgan fingerprint density at radius 2 is 2.33 bits per heavy atom. The summed E-state index contributed by atoms with van der Waals surface area (Å²) in [6.45, 7) is 1.90. The third-order valence-electron chi connectivity index (χ3n) is 2.55. The molecule has 1 aromatic rings. The summed E-state index contributed by atoms with van der Waals surface area (Å²) in [4.78, 5) is 10.4. The van der Waals surface area contributed by atoms with Crippen molar-refractivity contribution >= 4 is 17.4 Å². The number of halogens is 1. The van der Waals surface area contributed by atoms with Gasteiger partial charge in [0.15, 0.2) is 0 Å².